The third-order valence-electron chi connectivity index (χ3n) is 3.79. The molecule has 1 saturated heterocycles. The third kappa shape index (κ3) is 2.91. The van der Waals surface area contributed by atoms with Crippen molar-refractivity contribution in [3.8, 4) is 0 Å². The summed E-state index contributed by atoms with van der Waals surface area (Å²) in [6.45, 7) is 1.09. The molecule has 1 aliphatic heterocycles. The molecular formula is C12H22FNO. The Morgan fingerprint density at radius 2 is 2.13 bits per heavy atom. The van der Waals surface area contributed by atoms with Gasteiger partial charge in [0.1, 0.15) is 5.67 Å². The molecule has 1 aliphatic carbocycles. The molecule has 0 spiro atoms. The Kier molecular flexibility index (Phi) is 3.62. The molecule has 15 heavy (non-hydrogen) atoms. The van der Waals surface area contributed by atoms with Crippen LogP contribution < -0.4 is 5.73 Å². The molecule has 0 aromatic rings. The van der Waals surface area contributed by atoms with Crippen LogP contribution in [0, 0.1) is 5.92 Å². The lowest BCUT2D eigenvalue weighted by Crippen LogP contribution is -2.35. The van der Waals surface area contributed by atoms with E-state index >= 15 is 0 Å². The fourth-order valence-electron chi connectivity index (χ4n) is 2.57. The van der Waals surface area contributed by atoms with Gasteiger partial charge in [0.2, 0.25) is 0 Å². The first-order valence-corrected chi connectivity index (χ1v) is 6.25. The molecule has 1 heterocycles. The molecule has 1 saturated carbocycles. The topological polar surface area (TPSA) is 35.2 Å². The normalized spacial score (nSPS) is 30.4. The van der Waals surface area contributed by atoms with E-state index in [0.29, 0.717) is 12.5 Å². The summed E-state index contributed by atoms with van der Waals surface area (Å²) in [5.41, 5.74) is 4.47. The molecular weight excluding hydrogens is 193 g/mol. The van der Waals surface area contributed by atoms with Crippen LogP contribution in [-0.2, 0) is 4.74 Å². The van der Waals surface area contributed by atoms with E-state index in [-0.39, 0.29) is 12.5 Å². The van der Waals surface area contributed by atoms with Crippen molar-refractivity contribution in [3.63, 3.8) is 0 Å². The first kappa shape index (κ1) is 11.3. The van der Waals surface area contributed by atoms with Crippen molar-refractivity contribution < 1.29 is 9.13 Å². The van der Waals surface area contributed by atoms with Gasteiger partial charge in [-0.15, -0.1) is 0 Å². The maximum Gasteiger partial charge on any atom is 0.126 e. The van der Waals surface area contributed by atoms with Gasteiger partial charge in [-0.2, -0.15) is 0 Å². The van der Waals surface area contributed by atoms with Gasteiger partial charge in [0.05, 0.1) is 6.10 Å². The van der Waals surface area contributed by atoms with Gasteiger partial charge in [-0.05, 0) is 50.9 Å². The third-order valence-corrected chi connectivity index (χ3v) is 3.79. The Bertz CT molecular complexity index is 202. The highest BCUT2D eigenvalue weighted by Crippen LogP contribution is 2.44. The van der Waals surface area contributed by atoms with Gasteiger partial charge < -0.3 is 10.5 Å². The lowest BCUT2D eigenvalue weighted by atomic mass is 9.92. The minimum absolute atomic E-state index is 0.198. The van der Waals surface area contributed by atoms with Crippen molar-refractivity contribution >= 4 is 0 Å². The second-order valence-corrected chi connectivity index (χ2v) is 5.04. The molecule has 0 amide bonds. The summed E-state index contributed by atoms with van der Waals surface area (Å²) in [4.78, 5) is 0. The molecule has 0 bridgehead atoms. The van der Waals surface area contributed by atoms with E-state index in [1.807, 2.05) is 0 Å². The molecule has 2 aliphatic rings. The minimum Gasteiger partial charge on any atom is -0.378 e. The van der Waals surface area contributed by atoms with Crippen LogP contribution in [0.2, 0.25) is 0 Å². The molecule has 2 fully saturated rings. The summed E-state index contributed by atoms with van der Waals surface area (Å²) < 4.78 is 19.7. The average molecular weight is 215 g/mol. The molecule has 2 atom stereocenters. The zero-order chi connectivity index (χ0) is 10.7. The van der Waals surface area contributed by atoms with Crippen molar-refractivity contribution in [2.75, 3.05) is 13.2 Å². The molecule has 88 valence electrons. The first-order valence-electron chi connectivity index (χ1n) is 6.25. The maximum absolute atomic E-state index is 14.2. The van der Waals surface area contributed by atoms with Crippen molar-refractivity contribution in [3.05, 3.63) is 0 Å². The van der Waals surface area contributed by atoms with Crippen LogP contribution >= 0.6 is 0 Å². The van der Waals surface area contributed by atoms with Gasteiger partial charge >= 0.3 is 0 Å². The number of alkyl halides is 1. The van der Waals surface area contributed by atoms with Gasteiger partial charge in [-0.3, -0.25) is 0 Å². The second kappa shape index (κ2) is 4.79. The highest BCUT2D eigenvalue weighted by Gasteiger charge is 2.44. The van der Waals surface area contributed by atoms with E-state index in [0.717, 1.165) is 38.7 Å². The van der Waals surface area contributed by atoms with Crippen molar-refractivity contribution in [2.45, 2.75) is 56.7 Å². The van der Waals surface area contributed by atoms with Crippen LogP contribution in [0.1, 0.15) is 44.9 Å². The number of halogens is 1. The number of nitrogens with two attached hydrogens (primary N) is 1. The van der Waals surface area contributed by atoms with E-state index < -0.39 is 5.67 Å². The van der Waals surface area contributed by atoms with Crippen LogP contribution in [0.4, 0.5) is 4.39 Å². The van der Waals surface area contributed by atoms with E-state index in [1.54, 1.807) is 0 Å². The van der Waals surface area contributed by atoms with Gasteiger partial charge in [-0.1, -0.05) is 0 Å². The van der Waals surface area contributed by atoms with E-state index in [4.69, 9.17) is 10.5 Å². The van der Waals surface area contributed by atoms with Crippen LogP contribution in [0.3, 0.4) is 0 Å². The van der Waals surface area contributed by atoms with E-state index in [1.165, 1.54) is 6.42 Å². The van der Waals surface area contributed by atoms with Crippen molar-refractivity contribution in [1.29, 1.82) is 0 Å². The SMILES string of the molecule is NCC(F)(CCCC1CCCO1)C1CC1. The number of hydrogen-bond donors (Lipinski definition) is 1. The largest absolute Gasteiger partial charge is 0.378 e. The molecule has 0 aromatic heterocycles. The zero-order valence-electron chi connectivity index (χ0n) is 9.38. The predicted octanol–water partition coefficient (Wildman–Crippen LogP) is 2.41. The van der Waals surface area contributed by atoms with Gasteiger partial charge in [0, 0.05) is 13.2 Å². The number of hydrogen-bond acceptors (Lipinski definition) is 2. The quantitative estimate of drug-likeness (QED) is 0.738. The highest BCUT2D eigenvalue weighted by molar-refractivity contribution is 4.95. The standard InChI is InChI=1S/C12H22FNO/c13-12(9-14,10-5-6-10)7-1-3-11-4-2-8-15-11/h10-11H,1-9,14H2. The monoisotopic (exact) mass is 215 g/mol. The lowest BCUT2D eigenvalue weighted by Gasteiger charge is -2.23. The Morgan fingerprint density at radius 1 is 1.33 bits per heavy atom. The van der Waals surface area contributed by atoms with Crippen LogP contribution in [-0.4, -0.2) is 24.9 Å². The van der Waals surface area contributed by atoms with Gasteiger partial charge in [-0.25, -0.2) is 4.39 Å². The van der Waals surface area contributed by atoms with Crippen molar-refractivity contribution in [2.24, 2.45) is 11.7 Å². The smallest absolute Gasteiger partial charge is 0.126 e. The Labute approximate surface area is 91.4 Å². The summed E-state index contributed by atoms with van der Waals surface area (Å²) in [5, 5.41) is 0. The van der Waals surface area contributed by atoms with Crippen LogP contribution in [0.25, 0.3) is 0 Å². The summed E-state index contributed by atoms with van der Waals surface area (Å²) >= 11 is 0. The predicted molar refractivity (Wildman–Crippen MR) is 58.4 cm³/mol. The molecule has 2 nitrogen and oxygen atoms in total. The average Bonchev–Trinajstić information content (AvgIpc) is 2.98. The Hall–Kier alpha value is -0.150. The highest BCUT2D eigenvalue weighted by atomic mass is 19.1. The zero-order valence-corrected chi connectivity index (χ0v) is 9.38. The van der Waals surface area contributed by atoms with Crippen LogP contribution in [0.15, 0.2) is 0 Å². The molecule has 2 N–H and O–H groups in total. The summed E-state index contributed by atoms with van der Waals surface area (Å²) in [6.07, 6.45) is 7.37. The van der Waals surface area contributed by atoms with Crippen LogP contribution in [0.5, 0.6) is 0 Å². The molecule has 3 heteroatoms. The Balaban J connectivity index is 1.66. The first-order chi connectivity index (χ1) is 7.24. The fraction of sp³-hybridized carbons (Fsp3) is 1.00. The maximum atomic E-state index is 14.2. The molecule has 0 aromatic carbocycles. The van der Waals surface area contributed by atoms with Gasteiger partial charge in [0.15, 0.2) is 0 Å². The summed E-state index contributed by atoms with van der Waals surface area (Å²) in [5.74, 6) is 0.256. The fourth-order valence-corrected chi connectivity index (χ4v) is 2.57. The molecule has 2 rings (SSSR count). The van der Waals surface area contributed by atoms with Gasteiger partial charge in [0.25, 0.3) is 0 Å². The summed E-state index contributed by atoms with van der Waals surface area (Å²) in [6, 6.07) is 0. The summed E-state index contributed by atoms with van der Waals surface area (Å²) in [7, 11) is 0. The van der Waals surface area contributed by atoms with Crippen molar-refractivity contribution in [1.82, 2.24) is 0 Å². The lowest BCUT2D eigenvalue weighted by molar-refractivity contribution is 0.0856. The second-order valence-electron chi connectivity index (χ2n) is 5.04. The molecule has 2 unspecified atom stereocenters. The minimum atomic E-state index is -1.07. The van der Waals surface area contributed by atoms with E-state index in [9.17, 15) is 4.39 Å². The number of ether oxygens (including phenoxy) is 1. The number of rotatable bonds is 6. The molecule has 0 radical (unpaired) electrons. The van der Waals surface area contributed by atoms with E-state index in [2.05, 4.69) is 0 Å². The Morgan fingerprint density at radius 3 is 2.67 bits per heavy atom.